The van der Waals surface area contributed by atoms with Crippen molar-refractivity contribution in [2.24, 2.45) is 0 Å². The number of hydrogen-bond acceptors (Lipinski definition) is 6. The topological polar surface area (TPSA) is 127 Å². The van der Waals surface area contributed by atoms with Gasteiger partial charge in [-0.1, -0.05) is 24.3 Å². The smallest absolute Gasteiger partial charge is 0.338 e. The number of methoxy groups -OCH3 is 1. The van der Waals surface area contributed by atoms with Crippen LogP contribution in [0.1, 0.15) is 20.7 Å². The first-order valence-electron chi connectivity index (χ1n) is 8.43. The molecule has 8 heteroatoms. The molecular formula is C21H13NO7. The van der Waals surface area contributed by atoms with E-state index in [4.69, 9.17) is 14.3 Å². The summed E-state index contributed by atoms with van der Waals surface area (Å²) >= 11 is 0. The van der Waals surface area contributed by atoms with Crippen LogP contribution < -0.4 is 10.2 Å². The molecule has 0 aromatic heterocycles. The molecule has 2 aromatic carbocycles. The van der Waals surface area contributed by atoms with Crippen LogP contribution in [-0.2, 0) is 0 Å². The number of nitrogens with zero attached hydrogens (tertiary/aromatic N) is 1. The second kappa shape index (κ2) is 6.75. The fourth-order valence-corrected chi connectivity index (χ4v) is 3.19. The van der Waals surface area contributed by atoms with E-state index in [0.717, 1.165) is 0 Å². The minimum atomic E-state index is -1.37. The first-order chi connectivity index (χ1) is 13.9. The lowest BCUT2D eigenvalue weighted by atomic mass is 9.94. The lowest BCUT2D eigenvalue weighted by molar-refractivity contribution is 0.0686. The van der Waals surface area contributed by atoms with Crippen molar-refractivity contribution in [1.29, 1.82) is 0 Å². The minimum absolute atomic E-state index is 0.00458. The van der Waals surface area contributed by atoms with E-state index < -0.39 is 17.4 Å². The maximum Gasteiger partial charge on any atom is 0.338 e. The molecule has 1 aliphatic carbocycles. The Balaban J connectivity index is 2.15. The van der Waals surface area contributed by atoms with E-state index in [-0.39, 0.29) is 39.5 Å². The molecule has 0 fully saturated rings. The summed E-state index contributed by atoms with van der Waals surface area (Å²) in [7, 11) is 1.28. The number of carboxylic acids is 2. The molecule has 0 saturated heterocycles. The first-order valence-corrected chi connectivity index (χ1v) is 8.43. The summed E-state index contributed by atoms with van der Waals surface area (Å²) < 4.78 is 11.0. The summed E-state index contributed by atoms with van der Waals surface area (Å²) in [5.74, 6) is -2.76. The monoisotopic (exact) mass is 391 g/mol. The van der Waals surface area contributed by atoms with Crippen LogP contribution in [0.3, 0.4) is 0 Å². The van der Waals surface area contributed by atoms with Crippen molar-refractivity contribution in [3.05, 3.63) is 69.9 Å². The molecule has 29 heavy (non-hydrogen) atoms. The Kier molecular flexibility index (Phi) is 4.23. The highest BCUT2D eigenvalue weighted by molar-refractivity contribution is 6.04. The quantitative estimate of drug-likeness (QED) is 0.507. The van der Waals surface area contributed by atoms with Gasteiger partial charge < -0.3 is 19.4 Å². The zero-order valence-electron chi connectivity index (χ0n) is 15.0. The molecule has 144 valence electrons. The number of rotatable bonds is 4. The highest BCUT2D eigenvalue weighted by atomic mass is 16.5. The van der Waals surface area contributed by atoms with Gasteiger partial charge in [0.05, 0.1) is 18.2 Å². The molecule has 0 spiro atoms. The van der Waals surface area contributed by atoms with Gasteiger partial charge in [-0.25, -0.2) is 14.6 Å². The van der Waals surface area contributed by atoms with E-state index in [1.807, 2.05) is 0 Å². The van der Waals surface area contributed by atoms with Crippen LogP contribution in [0, 0.1) is 0 Å². The third-order valence-electron chi connectivity index (χ3n) is 4.49. The Labute approximate surface area is 163 Å². The van der Waals surface area contributed by atoms with Crippen molar-refractivity contribution in [2.45, 2.75) is 0 Å². The van der Waals surface area contributed by atoms with Gasteiger partial charge in [0.1, 0.15) is 16.8 Å². The highest BCUT2D eigenvalue weighted by Crippen LogP contribution is 2.38. The van der Waals surface area contributed by atoms with Crippen molar-refractivity contribution in [2.75, 3.05) is 7.11 Å². The second-order valence-corrected chi connectivity index (χ2v) is 6.16. The van der Waals surface area contributed by atoms with Crippen molar-refractivity contribution >= 4 is 23.0 Å². The predicted molar refractivity (Wildman–Crippen MR) is 103 cm³/mol. The van der Waals surface area contributed by atoms with Gasteiger partial charge in [-0.2, -0.15) is 0 Å². The fraction of sp³-hybridized carbons (Fsp3) is 0.0476. The highest BCUT2D eigenvalue weighted by Gasteiger charge is 2.31. The Hall–Kier alpha value is -4.20. The van der Waals surface area contributed by atoms with Gasteiger partial charge in [0.15, 0.2) is 11.3 Å². The Bertz CT molecular complexity index is 1310. The standard InChI is InChI=1S/C21H13NO7/c1-28-19-17(23)14(10-6-8-11(9-7-10)20(24)25)15(21(26)27)16-18(19)29-13-5-3-2-4-12(13)22-16/h2-9H,1H3,(H,24,25)(H,26,27). The number of carbonyl (C=O) groups is 2. The van der Waals surface area contributed by atoms with Crippen LogP contribution in [-0.4, -0.2) is 34.2 Å². The SMILES string of the molecule is COc1c2oc3ccccc3nc-2c(C(=O)O)c(-c2ccc(C(=O)O)cc2)c1=O. The molecule has 4 rings (SSSR count). The van der Waals surface area contributed by atoms with Crippen molar-refractivity contribution < 1.29 is 29.0 Å². The molecule has 0 amide bonds. The number of carboxylic acid groups (broad SMARTS) is 2. The second-order valence-electron chi connectivity index (χ2n) is 6.16. The molecule has 0 unspecified atom stereocenters. The number of para-hydroxylation sites is 2. The summed E-state index contributed by atoms with van der Waals surface area (Å²) in [5, 5.41) is 18.9. The van der Waals surface area contributed by atoms with Gasteiger partial charge >= 0.3 is 11.9 Å². The van der Waals surface area contributed by atoms with Crippen molar-refractivity contribution in [1.82, 2.24) is 4.98 Å². The van der Waals surface area contributed by atoms with Crippen molar-refractivity contribution in [3.8, 4) is 28.3 Å². The molecule has 0 bridgehead atoms. The summed E-state index contributed by atoms with van der Waals surface area (Å²) in [4.78, 5) is 40.7. The molecule has 2 N–H and O–H groups in total. The van der Waals surface area contributed by atoms with Gasteiger partial charge in [0.25, 0.3) is 0 Å². The normalized spacial score (nSPS) is 10.9. The number of ether oxygens (including phenoxy) is 1. The number of fused-ring (bicyclic) bond motifs is 2. The summed E-state index contributed by atoms with van der Waals surface area (Å²) in [6.45, 7) is 0. The van der Waals surface area contributed by atoms with Gasteiger partial charge in [-0.05, 0) is 29.8 Å². The molecule has 1 aliphatic heterocycles. The number of aromatic nitrogens is 1. The maximum atomic E-state index is 13.1. The average molecular weight is 391 g/mol. The average Bonchev–Trinajstić information content (AvgIpc) is 2.71. The zero-order valence-corrected chi connectivity index (χ0v) is 15.0. The minimum Gasteiger partial charge on any atom is -0.490 e. The Morgan fingerprint density at radius 1 is 1.00 bits per heavy atom. The molecule has 1 heterocycles. The number of hydrogen-bond donors (Lipinski definition) is 2. The molecular weight excluding hydrogens is 378 g/mol. The van der Waals surface area contributed by atoms with Crippen LogP contribution in [0.4, 0.5) is 0 Å². The number of benzene rings is 3. The van der Waals surface area contributed by atoms with E-state index in [9.17, 15) is 19.5 Å². The van der Waals surface area contributed by atoms with E-state index in [1.165, 1.54) is 31.4 Å². The maximum absolute atomic E-state index is 13.1. The molecule has 2 aromatic rings. The fourth-order valence-electron chi connectivity index (χ4n) is 3.19. The van der Waals surface area contributed by atoms with Crippen LogP contribution in [0.5, 0.6) is 5.75 Å². The zero-order chi connectivity index (χ0) is 20.7. The van der Waals surface area contributed by atoms with Crippen LogP contribution in [0.25, 0.3) is 33.7 Å². The molecule has 0 saturated carbocycles. The first kappa shape index (κ1) is 18.2. The van der Waals surface area contributed by atoms with Gasteiger partial charge in [-0.15, -0.1) is 0 Å². The van der Waals surface area contributed by atoms with Gasteiger partial charge in [-0.3, -0.25) is 4.79 Å². The van der Waals surface area contributed by atoms with Crippen molar-refractivity contribution in [3.63, 3.8) is 0 Å². The molecule has 8 nitrogen and oxygen atoms in total. The number of aromatic carboxylic acids is 2. The lowest BCUT2D eigenvalue weighted by Gasteiger charge is -2.16. The van der Waals surface area contributed by atoms with Gasteiger partial charge in [0, 0.05) is 0 Å². The van der Waals surface area contributed by atoms with E-state index in [0.29, 0.717) is 11.1 Å². The largest absolute Gasteiger partial charge is 0.490 e. The lowest BCUT2D eigenvalue weighted by Crippen LogP contribution is -2.18. The van der Waals surface area contributed by atoms with Crippen LogP contribution >= 0.6 is 0 Å². The van der Waals surface area contributed by atoms with Crippen LogP contribution in [0.15, 0.2) is 57.7 Å². The molecule has 2 aliphatic rings. The summed E-state index contributed by atoms with van der Waals surface area (Å²) in [6.07, 6.45) is 0. The van der Waals surface area contributed by atoms with E-state index in [2.05, 4.69) is 4.98 Å². The molecule has 0 atom stereocenters. The summed E-state index contributed by atoms with van der Waals surface area (Å²) in [5.41, 5.74) is -0.216. The summed E-state index contributed by atoms with van der Waals surface area (Å²) in [6, 6.07) is 12.1. The Morgan fingerprint density at radius 2 is 1.69 bits per heavy atom. The van der Waals surface area contributed by atoms with Crippen LogP contribution in [0.2, 0.25) is 0 Å². The predicted octanol–water partition coefficient (Wildman–Crippen LogP) is 3.36. The van der Waals surface area contributed by atoms with E-state index >= 15 is 0 Å². The third-order valence-corrected chi connectivity index (χ3v) is 4.49. The molecule has 0 radical (unpaired) electrons. The van der Waals surface area contributed by atoms with Gasteiger partial charge in [0.2, 0.25) is 11.2 Å². The Morgan fingerprint density at radius 3 is 2.31 bits per heavy atom. The third kappa shape index (κ3) is 2.87. The van der Waals surface area contributed by atoms with E-state index in [1.54, 1.807) is 24.3 Å².